The summed E-state index contributed by atoms with van der Waals surface area (Å²) in [5, 5.41) is 0. The highest BCUT2D eigenvalue weighted by Crippen LogP contribution is 2.43. The number of nitrogens with zero attached hydrogens (tertiary/aromatic N) is 2. The highest BCUT2D eigenvalue weighted by molar-refractivity contribution is 5.26. The summed E-state index contributed by atoms with van der Waals surface area (Å²) in [6.45, 7) is 0. The summed E-state index contributed by atoms with van der Waals surface area (Å²) in [7, 11) is 0. The fraction of sp³-hybridized carbons (Fsp3) is 0.500. The molecule has 0 bridgehead atoms. The SMILES string of the molecule is NC1(c2nccnc2C(F)F)CC1. The summed E-state index contributed by atoms with van der Waals surface area (Å²) in [6.07, 6.45) is 1.49. The predicted molar refractivity (Wildman–Crippen MR) is 42.1 cm³/mol. The first-order chi connectivity index (χ1) is 6.13. The van der Waals surface area contributed by atoms with E-state index in [0.717, 1.165) is 0 Å². The van der Waals surface area contributed by atoms with E-state index in [2.05, 4.69) is 9.97 Å². The van der Waals surface area contributed by atoms with Gasteiger partial charge in [-0.05, 0) is 12.8 Å². The van der Waals surface area contributed by atoms with E-state index in [4.69, 9.17) is 5.73 Å². The average Bonchev–Trinajstić information content (AvgIpc) is 2.85. The van der Waals surface area contributed by atoms with E-state index in [-0.39, 0.29) is 11.4 Å². The van der Waals surface area contributed by atoms with Crippen molar-refractivity contribution in [3.63, 3.8) is 0 Å². The van der Waals surface area contributed by atoms with Crippen LogP contribution in [-0.4, -0.2) is 9.97 Å². The molecule has 1 saturated carbocycles. The average molecular weight is 185 g/mol. The lowest BCUT2D eigenvalue weighted by molar-refractivity contribution is 0.143. The number of rotatable bonds is 2. The van der Waals surface area contributed by atoms with Crippen LogP contribution in [0, 0.1) is 0 Å². The fourth-order valence-corrected chi connectivity index (χ4v) is 1.26. The van der Waals surface area contributed by atoms with E-state index in [1.165, 1.54) is 12.4 Å². The van der Waals surface area contributed by atoms with Crippen molar-refractivity contribution in [3.8, 4) is 0 Å². The Bertz CT molecular complexity index is 323. The molecule has 3 nitrogen and oxygen atoms in total. The van der Waals surface area contributed by atoms with Gasteiger partial charge in [0.05, 0.1) is 11.2 Å². The second-order valence-corrected chi connectivity index (χ2v) is 3.25. The maximum Gasteiger partial charge on any atom is 0.282 e. The second kappa shape index (κ2) is 2.70. The van der Waals surface area contributed by atoms with Crippen molar-refractivity contribution in [3.05, 3.63) is 23.8 Å². The van der Waals surface area contributed by atoms with Gasteiger partial charge in [-0.15, -0.1) is 0 Å². The fourth-order valence-electron chi connectivity index (χ4n) is 1.26. The zero-order valence-corrected chi connectivity index (χ0v) is 6.87. The molecule has 0 unspecified atom stereocenters. The van der Waals surface area contributed by atoms with Crippen molar-refractivity contribution < 1.29 is 8.78 Å². The topological polar surface area (TPSA) is 51.8 Å². The summed E-state index contributed by atoms with van der Waals surface area (Å²) < 4.78 is 24.9. The van der Waals surface area contributed by atoms with Crippen LogP contribution in [0.15, 0.2) is 12.4 Å². The van der Waals surface area contributed by atoms with Crippen molar-refractivity contribution in [2.75, 3.05) is 0 Å². The quantitative estimate of drug-likeness (QED) is 0.756. The third kappa shape index (κ3) is 1.39. The minimum atomic E-state index is -2.59. The molecule has 1 fully saturated rings. The van der Waals surface area contributed by atoms with Gasteiger partial charge in [0.25, 0.3) is 6.43 Å². The number of alkyl halides is 2. The lowest BCUT2D eigenvalue weighted by atomic mass is 10.1. The van der Waals surface area contributed by atoms with Gasteiger partial charge in [-0.2, -0.15) is 0 Å². The van der Waals surface area contributed by atoms with E-state index < -0.39 is 12.0 Å². The highest BCUT2D eigenvalue weighted by Gasteiger charge is 2.44. The third-order valence-corrected chi connectivity index (χ3v) is 2.19. The zero-order valence-electron chi connectivity index (χ0n) is 6.87. The number of aromatic nitrogens is 2. The molecule has 0 aliphatic heterocycles. The van der Waals surface area contributed by atoms with Crippen LogP contribution in [0.25, 0.3) is 0 Å². The smallest absolute Gasteiger partial charge is 0.282 e. The number of hydrogen-bond acceptors (Lipinski definition) is 3. The second-order valence-electron chi connectivity index (χ2n) is 3.25. The Morgan fingerprint density at radius 1 is 1.31 bits per heavy atom. The molecule has 5 heteroatoms. The molecule has 0 radical (unpaired) electrons. The molecule has 1 aromatic heterocycles. The van der Waals surface area contributed by atoms with Gasteiger partial charge in [0, 0.05) is 12.4 Å². The number of nitrogens with two attached hydrogens (primary N) is 1. The first kappa shape index (κ1) is 8.50. The Balaban J connectivity index is 2.44. The van der Waals surface area contributed by atoms with Crippen LogP contribution in [0.4, 0.5) is 8.78 Å². The molecule has 0 saturated heterocycles. The van der Waals surface area contributed by atoms with Crippen LogP contribution >= 0.6 is 0 Å². The van der Waals surface area contributed by atoms with Gasteiger partial charge in [0.15, 0.2) is 0 Å². The standard InChI is InChI=1S/C8H9F2N3/c9-7(10)5-6(8(11)1-2-8)13-4-3-12-5/h3-4,7H,1-2,11H2. The van der Waals surface area contributed by atoms with Gasteiger partial charge in [0.2, 0.25) is 0 Å². The van der Waals surface area contributed by atoms with Crippen LogP contribution in [-0.2, 0) is 5.54 Å². The van der Waals surface area contributed by atoms with Gasteiger partial charge >= 0.3 is 0 Å². The molecule has 2 rings (SSSR count). The summed E-state index contributed by atoms with van der Waals surface area (Å²) in [5.74, 6) is 0. The van der Waals surface area contributed by atoms with E-state index >= 15 is 0 Å². The molecular weight excluding hydrogens is 176 g/mol. The lowest BCUT2D eigenvalue weighted by Crippen LogP contribution is -2.23. The van der Waals surface area contributed by atoms with Gasteiger partial charge in [-0.1, -0.05) is 0 Å². The maximum absolute atomic E-state index is 12.4. The van der Waals surface area contributed by atoms with E-state index in [0.29, 0.717) is 12.8 Å². The monoisotopic (exact) mass is 185 g/mol. The molecule has 1 aliphatic carbocycles. The van der Waals surface area contributed by atoms with Crippen molar-refractivity contribution in [1.29, 1.82) is 0 Å². The maximum atomic E-state index is 12.4. The molecule has 1 aromatic rings. The van der Waals surface area contributed by atoms with E-state index in [1.54, 1.807) is 0 Å². The van der Waals surface area contributed by atoms with Gasteiger partial charge in [0.1, 0.15) is 5.69 Å². The summed E-state index contributed by atoms with van der Waals surface area (Å²) in [6, 6.07) is 0. The van der Waals surface area contributed by atoms with Gasteiger partial charge < -0.3 is 5.73 Å². The Hall–Kier alpha value is -1.10. The normalized spacial score (nSPS) is 19.1. The van der Waals surface area contributed by atoms with Crippen LogP contribution < -0.4 is 5.73 Å². The Kier molecular flexibility index (Phi) is 1.76. The van der Waals surface area contributed by atoms with Crippen LogP contribution in [0.2, 0.25) is 0 Å². The first-order valence-corrected chi connectivity index (χ1v) is 4.02. The Morgan fingerprint density at radius 2 is 1.92 bits per heavy atom. The van der Waals surface area contributed by atoms with Gasteiger partial charge in [-0.3, -0.25) is 9.97 Å². The molecule has 1 aliphatic rings. The van der Waals surface area contributed by atoms with E-state index in [1.807, 2.05) is 0 Å². The predicted octanol–water partition coefficient (Wildman–Crippen LogP) is 1.36. The van der Waals surface area contributed by atoms with Crippen LogP contribution in [0.1, 0.15) is 30.7 Å². The summed E-state index contributed by atoms with van der Waals surface area (Å²) in [5.41, 5.74) is 5.11. The third-order valence-electron chi connectivity index (χ3n) is 2.19. The largest absolute Gasteiger partial charge is 0.320 e. The van der Waals surface area contributed by atoms with Gasteiger partial charge in [-0.25, -0.2) is 8.78 Å². The molecule has 0 amide bonds. The molecular formula is C8H9F2N3. The lowest BCUT2D eigenvalue weighted by Gasteiger charge is -2.11. The van der Waals surface area contributed by atoms with Crippen molar-refractivity contribution in [2.45, 2.75) is 24.8 Å². The van der Waals surface area contributed by atoms with Crippen molar-refractivity contribution in [1.82, 2.24) is 9.97 Å². The minimum Gasteiger partial charge on any atom is -0.320 e. The summed E-state index contributed by atoms with van der Waals surface area (Å²) >= 11 is 0. The molecule has 0 atom stereocenters. The number of hydrogen-bond donors (Lipinski definition) is 1. The molecule has 70 valence electrons. The first-order valence-electron chi connectivity index (χ1n) is 4.02. The molecule has 0 aromatic carbocycles. The molecule has 2 N–H and O–H groups in total. The highest BCUT2D eigenvalue weighted by atomic mass is 19.3. The van der Waals surface area contributed by atoms with Crippen LogP contribution in [0.3, 0.4) is 0 Å². The molecule has 1 heterocycles. The number of halogens is 2. The summed E-state index contributed by atoms with van der Waals surface area (Å²) in [4.78, 5) is 7.46. The Labute approximate surface area is 74.0 Å². The van der Waals surface area contributed by atoms with E-state index in [9.17, 15) is 8.78 Å². The Morgan fingerprint density at radius 3 is 2.46 bits per heavy atom. The molecule has 0 spiro atoms. The van der Waals surface area contributed by atoms with Crippen molar-refractivity contribution >= 4 is 0 Å². The minimum absolute atomic E-state index is 0.255. The molecule has 13 heavy (non-hydrogen) atoms. The zero-order chi connectivity index (χ0) is 9.47. The van der Waals surface area contributed by atoms with Crippen LogP contribution in [0.5, 0.6) is 0 Å². The van der Waals surface area contributed by atoms with Crippen molar-refractivity contribution in [2.24, 2.45) is 5.73 Å².